The molecule has 2 aromatic carbocycles. The van der Waals surface area contributed by atoms with E-state index in [4.69, 9.17) is 16.3 Å². The number of halogens is 2. The molecule has 3 aromatic rings. The molecule has 0 saturated heterocycles. The number of pyridine rings is 1. The number of methoxy groups -OCH3 is 1. The molecule has 1 amide bonds. The van der Waals surface area contributed by atoms with Crippen molar-refractivity contribution in [3.8, 4) is 5.75 Å². The fraction of sp³-hybridized carbons (Fsp3) is 0.100. The number of carbonyl (C=O) groups excluding carboxylic acids is 1. The lowest BCUT2D eigenvalue weighted by atomic mass is 10.2. The van der Waals surface area contributed by atoms with Crippen LogP contribution in [0.5, 0.6) is 5.75 Å². The van der Waals surface area contributed by atoms with Crippen LogP contribution in [0.2, 0.25) is 5.02 Å². The lowest BCUT2D eigenvalue weighted by Gasteiger charge is -2.10. The van der Waals surface area contributed by atoms with E-state index < -0.39 is 0 Å². The first-order valence-corrected chi connectivity index (χ1v) is 8.53. The molecule has 0 bridgehead atoms. The molecule has 0 fully saturated rings. The molecule has 7 heteroatoms. The van der Waals surface area contributed by atoms with Crippen LogP contribution in [0.1, 0.15) is 15.9 Å². The molecule has 5 nitrogen and oxygen atoms in total. The Morgan fingerprint density at radius 1 is 1.19 bits per heavy atom. The summed E-state index contributed by atoms with van der Waals surface area (Å²) in [6.07, 6.45) is 1.52. The molecule has 0 radical (unpaired) electrons. The Kier molecular flexibility index (Phi) is 5.88. The molecule has 0 aliphatic heterocycles. The summed E-state index contributed by atoms with van der Waals surface area (Å²) in [6, 6.07) is 14.7. The van der Waals surface area contributed by atoms with Gasteiger partial charge in [-0.1, -0.05) is 29.8 Å². The normalized spacial score (nSPS) is 10.3. The van der Waals surface area contributed by atoms with Crippen LogP contribution in [0.25, 0.3) is 0 Å². The standard InChI is InChI=1S/C20H17ClFN3O2/c1-27-18-7-6-15(11-16(18)21)25-19-10-13(8-9-23-19)20(26)24-12-14-4-2-3-5-17(14)22/h2-11H,12H2,1H3,(H,23,25)(H,24,26). The number of hydrogen-bond acceptors (Lipinski definition) is 4. The van der Waals surface area contributed by atoms with Crippen molar-refractivity contribution in [2.24, 2.45) is 0 Å². The highest BCUT2D eigenvalue weighted by atomic mass is 35.5. The first-order chi connectivity index (χ1) is 13.1. The predicted molar refractivity (Wildman–Crippen MR) is 103 cm³/mol. The van der Waals surface area contributed by atoms with Crippen molar-refractivity contribution in [3.63, 3.8) is 0 Å². The molecule has 0 aliphatic rings. The van der Waals surface area contributed by atoms with Crippen molar-refractivity contribution in [1.82, 2.24) is 10.3 Å². The molecule has 0 saturated carbocycles. The van der Waals surface area contributed by atoms with Gasteiger partial charge in [0.15, 0.2) is 0 Å². The van der Waals surface area contributed by atoms with Crippen molar-refractivity contribution in [2.75, 3.05) is 12.4 Å². The van der Waals surface area contributed by atoms with Crippen LogP contribution in [0.15, 0.2) is 60.8 Å². The van der Waals surface area contributed by atoms with Gasteiger partial charge in [0.2, 0.25) is 0 Å². The number of anilines is 2. The summed E-state index contributed by atoms with van der Waals surface area (Å²) in [4.78, 5) is 16.5. The van der Waals surface area contributed by atoms with Crippen LogP contribution < -0.4 is 15.4 Å². The molecule has 0 aliphatic carbocycles. The second-order valence-electron chi connectivity index (χ2n) is 5.68. The molecule has 0 unspecified atom stereocenters. The molecular formula is C20H17ClFN3O2. The SMILES string of the molecule is COc1ccc(Nc2cc(C(=O)NCc3ccccc3F)ccn2)cc1Cl. The maximum Gasteiger partial charge on any atom is 0.251 e. The highest BCUT2D eigenvalue weighted by molar-refractivity contribution is 6.32. The average Bonchev–Trinajstić information content (AvgIpc) is 2.67. The van der Waals surface area contributed by atoms with E-state index in [2.05, 4.69) is 15.6 Å². The average molecular weight is 386 g/mol. The maximum atomic E-state index is 13.6. The molecule has 138 valence electrons. The van der Waals surface area contributed by atoms with Crippen molar-refractivity contribution >= 4 is 29.0 Å². The van der Waals surface area contributed by atoms with Crippen LogP contribution in [0.3, 0.4) is 0 Å². The van der Waals surface area contributed by atoms with E-state index in [-0.39, 0.29) is 18.3 Å². The minimum absolute atomic E-state index is 0.102. The number of nitrogens with zero attached hydrogens (tertiary/aromatic N) is 1. The number of carbonyl (C=O) groups is 1. The third-order valence-electron chi connectivity index (χ3n) is 3.84. The number of aromatic nitrogens is 1. The first-order valence-electron chi connectivity index (χ1n) is 8.15. The van der Waals surface area contributed by atoms with Crippen LogP contribution in [0, 0.1) is 5.82 Å². The van der Waals surface area contributed by atoms with E-state index in [9.17, 15) is 9.18 Å². The van der Waals surface area contributed by atoms with Crippen LogP contribution in [-0.2, 0) is 6.54 Å². The first kappa shape index (κ1) is 18.7. The minimum Gasteiger partial charge on any atom is -0.495 e. The zero-order valence-electron chi connectivity index (χ0n) is 14.5. The number of nitrogens with one attached hydrogen (secondary N) is 2. The Hall–Kier alpha value is -3.12. The van der Waals surface area contributed by atoms with Gasteiger partial charge in [-0.15, -0.1) is 0 Å². The fourth-order valence-electron chi connectivity index (χ4n) is 2.45. The van der Waals surface area contributed by atoms with Crippen LogP contribution >= 0.6 is 11.6 Å². The smallest absolute Gasteiger partial charge is 0.251 e. The Bertz CT molecular complexity index is 965. The largest absolute Gasteiger partial charge is 0.495 e. The summed E-state index contributed by atoms with van der Waals surface area (Å²) in [5, 5.41) is 6.24. The van der Waals surface area contributed by atoms with Crippen LogP contribution in [-0.4, -0.2) is 18.0 Å². The lowest BCUT2D eigenvalue weighted by molar-refractivity contribution is 0.0950. The number of hydrogen-bond donors (Lipinski definition) is 2. The molecule has 2 N–H and O–H groups in total. The third kappa shape index (κ3) is 4.74. The number of amides is 1. The van der Waals surface area contributed by atoms with Gasteiger partial charge in [-0.2, -0.15) is 0 Å². The summed E-state index contributed by atoms with van der Waals surface area (Å²) < 4.78 is 18.8. The zero-order valence-corrected chi connectivity index (χ0v) is 15.3. The van der Waals surface area contributed by atoms with Gasteiger partial charge in [-0.25, -0.2) is 9.37 Å². The second kappa shape index (κ2) is 8.51. The summed E-state index contributed by atoms with van der Waals surface area (Å²) in [5.74, 6) is 0.369. The van der Waals surface area contributed by atoms with Gasteiger partial charge in [-0.05, 0) is 36.4 Å². The summed E-state index contributed by atoms with van der Waals surface area (Å²) >= 11 is 6.11. The molecule has 1 aromatic heterocycles. The van der Waals surface area contributed by atoms with E-state index in [1.807, 2.05) is 0 Å². The Balaban J connectivity index is 1.68. The lowest BCUT2D eigenvalue weighted by Crippen LogP contribution is -2.23. The van der Waals surface area contributed by atoms with Gasteiger partial charge in [0.1, 0.15) is 17.4 Å². The second-order valence-corrected chi connectivity index (χ2v) is 6.09. The van der Waals surface area contributed by atoms with Crippen molar-refractivity contribution in [3.05, 3.63) is 82.8 Å². The van der Waals surface area contributed by atoms with Gasteiger partial charge in [0, 0.05) is 29.6 Å². The quantitative estimate of drug-likeness (QED) is 0.653. The van der Waals surface area contributed by atoms with Crippen molar-refractivity contribution in [1.29, 1.82) is 0 Å². The minimum atomic E-state index is -0.355. The Labute approximate surface area is 161 Å². The van der Waals surface area contributed by atoms with E-state index in [0.717, 1.165) is 0 Å². The van der Waals surface area contributed by atoms with Gasteiger partial charge in [0.25, 0.3) is 5.91 Å². The molecule has 27 heavy (non-hydrogen) atoms. The van der Waals surface area contributed by atoms with Crippen molar-refractivity contribution < 1.29 is 13.9 Å². The summed E-state index contributed by atoms with van der Waals surface area (Å²) in [7, 11) is 1.54. The molecule has 0 atom stereocenters. The fourth-order valence-corrected chi connectivity index (χ4v) is 2.71. The highest BCUT2D eigenvalue weighted by Crippen LogP contribution is 2.28. The third-order valence-corrected chi connectivity index (χ3v) is 4.14. The van der Waals surface area contributed by atoms with E-state index in [1.165, 1.54) is 12.3 Å². The number of ether oxygens (including phenoxy) is 1. The summed E-state index contributed by atoms with van der Waals surface area (Å²) in [6.45, 7) is 0.102. The zero-order chi connectivity index (χ0) is 19.2. The number of benzene rings is 2. The van der Waals surface area contributed by atoms with Crippen LogP contribution in [0.4, 0.5) is 15.9 Å². The monoisotopic (exact) mass is 385 g/mol. The Morgan fingerprint density at radius 2 is 2.00 bits per heavy atom. The molecule has 3 rings (SSSR count). The highest BCUT2D eigenvalue weighted by Gasteiger charge is 2.09. The summed E-state index contributed by atoms with van der Waals surface area (Å²) in [5.41, 5.74) is 1.53. The maximum absolute atomic E-state index is 13.6. The van der Waals surface area contributed by atoms with Gasteiger partial charge in [0.05, 0.1) is 12.1 Å². The molecule has 0 spiro atoms. The topological polar surface area (TPSA) is 63.2 Å². The van der Waals surface area contributed by atoms with E-state index in [0.29, 0.717) is 33.4 Å². The van der Waals surface area contributed by atoms with Crippen molar-refractivity contribution in [2.45, 2.75) is 6.54 Å². The Morgan fingerprint density at radius 3 is 2.74 bits per heavy atom. The number of rotatable bonds is 6. The van der Waals surface area contributed by atoms with Gasteiger partial charge in [-0.3, -0.25) is 4.79 Å². The predicted octanol–water partition coefficient (Wildman–Crippen LogP) is 4.56. The van der Waals surface area contributed by atoms with Gasteiger partial charge < -0.3 is 15.4 Å². The van der Waals surface area contributed by atoms with Gasteiger partial charge >= 0.3 is 0 Å². The van der Waals surface area contributed by atoms with E-state index in [1.54, 1.807) is 55.6 Å². The molecular weight excluding hydrogens is 369 g/mol. The molecule has 1 heterocycles. The van der Waals surface area contributed by atoms with E-state index >= 15 is 0 Å².